The fourth-order valence-electron chi connectivity index (χ4n) is 2.34. The molecule has 0 aliphatic rings. The number of benzene rings is 1. The van der Waals surface area contributed by atoms with Gasteiger partial charge in [0.2, 0.25) is 5.89 Å². The van der Waals surface area contributed by atoms with Crippen LogP contribution in [0.2, 0.25) is 0 Å². The summed E-state index contributed by atoms with van der Waals surface area (Å²) in [6.07, 6.45) is 1.70. The topological polar surface area (TPSA) is 78.2 Å². The molecule has 0 aliphatic carbocycles. The number of halogens is 1. The summed E-state index contributed by atoms with van der Waals surface area (Å²) in [7, 11) is 0. The van der Waals surface area contributed by atoms with Gasteiger partial charge in [0.15, 0.2) is 5.65 Å². The van der Waals surface area contributed by atoms with E-state index >= 15 is 0 Å². The fraction of sp³-hybridized carbons (Fsp3) is 0.125. The van der Waals surface area contributed by atoms with E-state index in [1.54, 1.807) is 18.3 Å². The van der Waals surface area contributed by atoms with E-state index < -0.39 is 0 Å². The van der Waals surface area contributed by atoms with Gasteiger partial charge in [0.1, 0.15) is 0 Å². The van der Waals surface area contributed by atoms with Crippen molar-refractivity contribution in [2.45, 2.75) is 11.8 Å². The Bertz CT molecular complexity index is 1090. The first kappa shape index (κ1) is 16.1. The van der Waals surface area contributed by atoms with Crippen LogP contribution in [0, 0.1) is 0 Å². The van der Waals surface area contributed by atoms with Crippen LogP contribution in [0.15, 0.2) is 67.6 Å². The number of pyridine rings is 1. The van der Waals surface area contributed by atoms with Gasteiger partial charge in [-0.25, -0.2) is 9.48 Å². The third kappa shape index (κ3) is 3.24. The van der Waals surface area contributed by atoms with Gasteiger partial charge in [-0.2, -0.15) is 0 Å². The molecule has 9 heteroatoms. The smallest absolute Gasteiger partial charge is 0.350 e. The van der Waals surface area contributed by atoms with E-state index in [0.29, 0.717) is 29.1 Å². The van der Waals surface area contributed by atoms with Crippen LogP contribution in [0.5, 0.6) is 0 Å². The van der Waals surface area contributed by atoms with Gasteiger partial charge in [-0.3, -0.25) is 4.40 Å². The van der Waals surface area contributed by atoms with Gasteiger partial charge in [-0.1, -0.05) is 30.0 Å². The van der Waals surface area contributed by atoms with Gasteiger partial charge in [-0.15, -0.1) is 15.3 Å². The Morgan fingerprint density at radius 1 is 1.12 bits per heavy atom. The largest absolute Gasteiger partial charge is 0.411 e. The van der Waals surface area contributed by atoms with Crippen molar-refractivity contribution in [1.29, 1.82) is 0 Å². The Balaban J connectivity index is 1.45. The SMILES string of the molecule is O=c1n(CCSc2nnc(-c3ccccc3Br)o2)nc2ccccn12. The highest BCUT2D eigenvalue weighted by Crippen LogP contribution is 2.28. The van der Waals surface area contributed by atoms with E-state index in [0.717, 1.165) is 10.0 Å². The predicted molar refractivity (Wildman–Crippen MR) is 97.6 cm³/mol. The summed E-state index contributed by atoms with van der Waals surface area (Å²) in [5.41, 5.74) is 1.32. The Hall–Kier alpha value is -2.39. The van der Waals surface area contributed by atoms with E-state index in [-0.39, 0.29) is 5.69 Å². The number of hydrogen-bond donors (Lipinski definition) is 0. The van der Waals surface area contributed by atoms with E-state index in [2.05, 4.69) is 31.2 Å². The van der Waals surface area contributed by atoms with Crippen LogP contribution < -0.4 is 5.69 Å². The molecule has 0 N–H and O–H groups in total. The summed E-state index contributed by atoms with van der Waals surface area (Å²) in [5.74, 6) is 1.06. The Morgan fingerprint density at radius 3 is 2.80 bits per heavy atom. The molecular weight excluding hydrogens is 406 g/mol. The lowest BCUT2D eigenvalue weighted by Gasteiger charge is -1.98. The average molecular weight is 418 g/mol. The molecule has 0 saturated heterocycles. The summed E-state index contributed by atoms with van der Waals surface area (Å²) in [6, 6.07) is 13.1. The highest BCUT2D eigenvalue weighted by Gasteiger charge is 2.12. The molecule has 0 radical (unpaired) electrons. The number of aromatic nitrogens is 5. The molecule has 1 aromatic carbocycles. The van der Waals surface area contributed by atoms with Crippen molar-refractivity contribution in [2.75, 3.05) is 5.75 Å². The number of nitrogens with zero attached hydrogens (tertiary/aromatic N) is 5. The maximum absolute atomic E-state index is 12.2. The van der Waals surface area contributed by atoms with Crippen molar-refractivity contribution >= 4 is 33.3 Å². The van der Waals surface area contributed by atoms with Crippen LogP contribution in [-0.2, 0) is 6.54 Å². The third-order valence-corrected chi connectivity index (χ3v) is 5.02. The zero-order valence-electron chi connectivity index (χ0n) is 12.9. The molecular formula is C16H12BrN5O2S. The first-order chi connectivity index (χ1) is 12.2. The van der Waals surface area contributed by atoms with Crippen LogP contribution in [0.3, 0.4) is 0 Å². The molecule has 7 nitrogen and oxygen atoms in total. The van der Waals surface area contributed by atoms with Crippen LogP contribution >= 0.6 is 27.7 Å². The standard InChI is InChI=1S/C16H12BrN5O2S/c17-12-6-2-1-5-11(12)14-18-19-15(24-14)25-10-9-22-16(23)21-8-4-3-7-13(21)20-22/h1-8H,9-10H2. The fourth-order valence-corrected chi connectivity index (χ4v) is 3.47. The molecule has 3 heterocycles. The normalized spacial score (nSPS) is 11.2. The highest BCUT2D eigenvalue weighted by molar-refractivity contribution is 9.10. The van der Waals surface area contributed by atoms with Crippen LogP contribution in [0.25, 0.3) is 17.1 Å². The maximum atomic E-state index is 12.2. The van der Waals surface area contributed by atoms with Crippen LogP contribution in [0.1, 0.15) is 0 Å². The van der Waals surface area contributed by atoms with Crippen molar-refractivity contribution < 1.29 is 4.42 Å². The molecule has 0 fully saturated rings. The molecule has 126 valence electrons. The van der Waals surface area contributed by atoms with E-state index in [9.17, 15) is 4.79 Å². The summed E-state index contributed by atoms with van der Waals surface area (Å²) in [6.45, 7) is 0.456. The molecule has 0 unspecified atom stereocenters. The highest BCUT2D eigenvalue weighted by atomic mass is 79.9. The minimum absolute atomic E-state index is 0.157. The molecule has 0 amide bonds. The molecule has 4 rings (SSSR count). The summed E-state index contributed by atoms with van der Waals surface area (Å²) < 4.78 is 9.52. The molecule has 0 spiro atoms. The molecule has 0 aliphatic heterocycles. The second kappa shape index (κ2) is 6.85. The summed E-state index contributed by atoms with van der Waals surface area (Å²) in [5, 5.41) is 12.9. The van der Waals surface area contributed by atoms with Crippen molar-refractivity contribution in [2.24, 2.45) is 0 Å². The van der Waals surface area contributed by atoms with Gasteiger partial charge in [0, 0.05) is 16.4 Å². The predicted octanol–water partition coefficient (Wildman–Crippen LogP) is 3.10. The van der Waals surface area contributed by atoms with E-state index in [4.69, 9.17) is 4.42 Å². The van der Waals surface area contributed by atoms with Crippen molar-refractivity contribution in [3.05, 3.63) is 63.6 Å². The van der Waals surface area contributed by atoms with Crippen LogP contribution in [0.4, 0.5) is 0 Å². The molecule has 25 heavy (non-hydrogen) atoms. The number of fused-ring (bicyclic) bond motifs is 1. The Labute approximate surface area is 154 Å². The quantitative estimate of drug-likeness (QED) is 0.464. The molecule has 0 saturated carbocycles. The molecule has 0 atom stereocenters. The van der Waals surface area contributed by atoms with Crippen molar-refractivity contribution in [3.63, 3.8) is 0 Å². The number of rotatable bonds is 5. The first-order valence-corrected chi connectivity index (χ1v) is 9.25. The number of hydrogen-bond acceptors (Lipinski definition) is 6. The molecule has 3 aromatic heterocycles. The zero-order valence-corrected chi connectivity index (χ0v) is 15.3. The van der Waals surface area contributed by atoms with E-state index in [1.807, 2.05) is 30.3 Å². The first-order valence-electron chi connectivity index (χ1n) is 7.48. The second-order valence-electron chi connectivity index (χ2n) is 5.14. The minimum atomic E-state index is -0.157. The number of aryl methyl sites for hydroxylation is 1. The van der Waals surface area contributed by atoms with Crippen molar-refractivity contribution in [1.82, 2.24) is 24.4 Å². The lowest BCUT2D eigenvalue weighted by atomic mass is 10.2. The minimum Gasteiger partial charge on any atom is -0.411 e. The molecule has 0 bridgehead atoms. The lowest BCUT2D eigenvalue weighted by molar-refractivity contribution is 0.465. The van der Waals surface area contributed by atoms with Gasteiger partial charge in [0.25, 0.3) is 5.22 Å². The zero-order chi connectivity index (χ0) is 17.2. The van der Waals surface area contributed by atoms with Crippen LogP contribution in [-0.4, -0.2) is 30.1 Å². The average Bonchev–Trinajstić information content (AvgIpc) is 3.21. The van der Waals surface area contributed by atoms with Gasteiger partial charge in [0.05, 0.1) is 12.1 Å². The summed E-state index contributed by atoms with van der Waals surface area (Å²) in [4.78, 5) is 12.2. The molecule has 4 aromatic rings. The number of thioether (sulfide) groups is 1. The monoisotopic (exact) mass is 417 g/mol. The van der Waals surface area contributed by atoms with Gasteiger partial charge >= 0.3 is 5.69 Å². The Kier molecular flexibility index (Phi) is 4.41. The van der Waals surface area contributed by atoms with Gasteiger partial charge in [-0.05, 0) is 40.2 Å². The van der Waals surface area contributed by atoms with E-state index in [1.165, 1.54) is 20.8 Å². The maximum Gasteiger partial charge on any atom is 0.350 e. The van der Waals surface area contributed by atoms with Gasteiger partial charge < -0.3 is 4.42 Å². The second-order valence-corrected chi connectivity index (χ2v) is 7.04. The Morgan fingerprint density at radius 2 is 1.96 bits per heavy atom. The third-order valence-electron chi connectivity index (χ3n) is 3.53. The van der Waals surface area contributed by atoms with Crippen molar-refractivity contribution in [3.8, 4) is 11.5 Å². The summed E-state index contributed by atoms with van der Waals surface area (Å²) >= 11 is 4.86. The lowest BCUT2D eigenvalue weighted by Crippen LogP contribution is -2.21.